The molecule has 0 aromatic heterocycles. The van der Waals surface area contributed by atoms with E-state index in [9.17, 15) is 0 Å². The van der Waals surface area contributed by atoms with Gasteiger partial charge in [-0.15, -0.1) is 13.2 Å². The molecule has 2 unspecified atom stereocenters. The zero-order valence-corrected chi connectivity index (χ0v) is 18.9. The summed E-state index contributed by atoms with van der Waals surface area (Å²) in [6.07, 6.45) is 15.1. The number of benzene rings is 4. The lowest BCUT2D eigenvalue weighted by Crippen LogP contribution is -2.00. The molecule has 0 spiro atoms. The van der Waals surface area contributed by atoms with Crippen LogP contribution in [0.5, 0.6) is 0 Å². The van der Waals surface area contributed by atoms with Gasteiger partial charge in [0.15, 0.2) is 0 Å². The third kappa shape index (κ3) is 4.20. The van der Waals surface area contributed by atoms with Crippen molar-refractivity contribution in [2.24, 2.45) is 0 Å². The highest BCUT2D eigenvalue weighted by atomic mass is 16.0. The Morgan fingerprint density at radius 3 is 1.36 bits per heavy atom. The van der Waals surface area contributed by atoms with Crippen LogP contribution >= 0.6 is 0 Å². The molecule has 1 nitrogen and oxygen atoms in total. The van der Waals surface area contributed by atoms with Crippen LogP contribution in [0.25, 0.3) is 33.7 Å². The van der Waals surface area contributed by atoms with Crippen molar-refractivity contribution in [2.45, 2.75) is 24.7 Å². The maximum atomic E-state index is 3.84. The van der Waals surface area contributed by atoms with Crippen molar-refractivity contribution in [2.75, 3.05) is 0 Å². The average Bonchev–Trinajstić information content (AvgIpc) is 2.84. The van der Waals surface area contributed by atoms with Crippen LogP contribution in [0.4, 0.5) is 0 Å². The molecule has 0 bridgehead atoms. The minimum atomic E-state index is 0. The van der Waals surface area contributed by atoms with Gasteiger partial charge < -0.3 is 5.48 Å². The normalized spacial score (nSPS) is 17.1. The van der Waals surface area contributed by atoms with Gasteiger partial charge in [0.05, 0.1) is 0 Å². The lowest BCUT2D eigenvalue weighted by molar-refractivity contribution is 0.824. The van der Waals surface area contributed by atoms with Gasteiger partial charge in [-0.2, -0.15) is 0 Å². The zero-order valence-electron chi connectivity index (χ0n) is 18.9. The van der Waals surface area contributed by atoms with Gasteiger partial charge in [0, 0.05) is 11.8 Å². The highest BCUT2D eigenvalue weighted by molar-refractivity contribution is 5.96. The molecule has 2 N–H and O–H groups in total. The van der Waals surface area contributed by atoms with Gasteiger partial charge in [-0.25, -0.2) is 0 Å². The Balaban J connectivity index is 0.000000152. The molecule has 0 radical (unpaired) electrons. The highest BCUT2D eigenvalue weighted by Crippen LogP contribution is 2.37. The molecule has 0 aliphatic heterocycles. The first kappa shape index (κ1) is 22.5. The molecule has 2 aliphatic carbocycles. The molecule has 0 fully saturated rings. The Kier molecular flexibility index (Phi) is 6.72. The van der Waals surface area contributed by atoms with Crippen molar-refractivity contribution in [3.63, 3.8) is 0 Å². The van der Waals surface area contributed by atoms with E-state index in [-0.39, 0.29) is 5.48 Å². The summed E-state index contributed by atoms with van der Waals surface area (Å²) in [5.41, 5.74) is 5.56. The average molecular weight is 431 g/mol. The molecular formula is C32H30O. The van der Waals surface area contributed by atoms with Crippen molar-refractivity contribution in [1.29, 1.82) is 0 Å². The summed E-state index contributed by atoms with van der Waals surface area (Å²) in [7, 11) is 0. The van der Waals surface area contributed by atoms with E-state index in [1.807, 2.05) is 12.2 Å². The Bertz CT molecular complexity index is 1250. The van der Waals surface area contributed by atoms with Crippen molar-refractivity contribution < 1.29 is 5.48 Å². The summed E-state index contributed by atoms with van der Waals surface area (Å²) < 4.78 is 0. The molecule has 1 heteroatoms. The van der Waals surface area contributed by atoms with Crippen LogP contribution in [-0.2, 0) is 0 Å². The van der Waals surface area contributed by atoms with Crippen molar-refractivity contribution in [1.82, 2.24) is 0 Å². The van der Waals surface area contributed by atoms with Gasteiger partial charge in [0.25, 0.3) is 0 Å². The van der Waals surface area contributed by atoms with E-state index in [0.717, 1.165) is 12.8 Å². The van der Waals surface area contributed by atoms with Gasteiger partial charge in [-0.1, -0.05) is 109 Å². The van der Waals surface area contributed by atoms with E-state index >= 15 is 0 Å². The minimum absolute atomic E-state index is 0. The lowest BCUT2D eigenvalue weighted by Gasteiger charge is -2.20. The number of allylic oxidation sites excluding steroid dienone is 4. The van der Waals surface area contributed by atoms with Gasteiger partial charge in [0.2, 0.25) is 0 Å². The Labute approximate surface area is 196 Å². The number of hydrogen-bond acceptors (Lipinski definition) is 0. The maximum Gasteiger partial charge on any atom is 0.00620 e. The van der Waals surface area contributed by atoms with Gasteiger partial charge in [-0.3, -0.25) is 0 Å². The maximum absolute atomic E-state index is 3.84. The van der Waals surface area contributed by atoms with Crippen LogP contribution < -0.4 is 0 Å². The van der Waals surface area contributed by atoms with E-state index in [0.29, 0.717) is 11.8 Å². The Hall–Kier alpha value is -3.68. The number of hydrogen-bond donors (Lipinski definition) is 0. The van der Waals surface area contributed by atoms with Gasteiger partial charge in [-0.05, 0) is 56.6 Å². The van der Waals surface area contributed by atoms with Crippen LogP contribution in [0.2, 0.25) is 0 Å². The molecule has 0 heterocycles. The third-order valence-electron chi connectivity index (χ3n) is 6.59. The molecule has 6 rings (SSSR count). The smallest absolute Gasteiger partial charge is 0.00620 e. The van der Waals surface area contributed by atoms with Crippen LogP contribution in [0, 0.1) is 0 Å². The molecule has 0 saturated heterocycles. The highest BCUT2D eigenvalue weighted by Gasteiger charge is 2.16. The van der Waals surface area contributed by atoms with Crippen LogP contribution in [0.3, 0.4) is 0 Å². The molecule has 4 aromatic rings. The zero-order chi connectivity index (χ0) is 21.9. The molecule has 164 valence electrons. The van der Waals surface area contributed by atoms with E-state index in [4.69, 9.17) is 0 Å². The summed E-state index contributed by atoms with van der Waals surface area (Å²) in [5, 5.41) is 5.51. The first-order valence-corrected chi connectivity index (χ1v) is 11.4. The molecule has 33 heavy (non-hydrogen) atoms. The van der Waals surface area contributed by atoms with Crippen molar-refractivity contribution in [3.8, 4) is 0 Å². The second kappa shape index (κ2) is 9.85. The van der Waals surface area contributed by atoms with E-state index in [1.54, 1.807) is 0 Å². The molecule has 0 saturated carbocycles. The third-order valence-corrected chi connectivity index (χ3v) is 6.59. The van der Waals surface area contributed by atoms with Crippen molar-refractivity contribution >= 4 is 33.7 Å². The Morgan fingerprint density at radius 1 is 0.576 bits per heavy atom. The molecule has 4 aromatic carbocycles. The largest absolute Gasteiger partial charge is 0.412 e. The van der Waals surface area contributed by atoms with Gasteiger partial charge >= 0.3 is 0 Å². The first-order valence-electron chi connectivity index (χ1n) is 11.4. The summed E-state index contributed by atoms with van der Waals surface area (Å²) in [5.74, 6) is 0.993. The van der Waals surface area contributed by atoms with Crippen LogP contribution in [0.1, 0.15) is 46.9 Å². The second-order valence-electron chi connectivity index (χ2n) is 8.57. The fourth-order valence-electron chi connectivity index (χ4n) is 5.11. The minimum Gasteiger partial charge on any atom is -0.412 e. The summed E-state index contributed by atoms with van der Waals surface area (Å²) in [4.78, 5) is 0. The van der Waals surface area contributed by atoms with E-state index in [1.165, 1.54) is 43.8 Å². The monoisotopic (exact) mass is 430 g/mol. The fraction of sp³-hybridized carbons (Fsp3) is 0.125. The van der Waals surface area contributed by atoms with Crippen LogP contribution in [-0.4, -0.2) is 5.48 Å². The SMILES string of the molecule is C=CCC1C=Cc2cccc3cccc1c23.C=CCC1C=Cc2cccc3cccc1c23.O. The van der Waals surface area contributed by atoms with E-state index in [2.05, 4.69) is 110 Å². The predicted molar refractivity (Wildman–Crippen MR) is 145 cm³/mol. The standard InChI is InChI=1S/2C16H14.H2O/c2*1-2-5-12-10-11-14-7-3-6-13-8-4-9-15(12)16(13)14;/h2*2-4,6-12H,1,5H2;1H2. The first-order chi connectivity index (χ1) is 15.8. The fourth-order valence-corrected chi connectivity index (χ4v) is 5.11. The topological polar surface area (TPSA) is 31.5 Å². The predicted octanol–water partition coefficient (Wildman–Crippen LogP) is 8.23. The Morgan fingerprint density at radius 2 is 0.970 bits per heavy atom. The second-order valence-corrected chi connectivity index (χ2v) is 8.57. The summed E-state index contributed by atoms with van der Waals surface area (Å²) in [6, 6.07) is 26.1. The quantitative estimate of drug-likeness (QED) is 0.292. The number of rotatable bonds is 4. The summed E-state index contributed by atoms with van der Waals surface area (Å²) >= 11 is 0. The van der Waals surface area contributed by atoms with Crippen LogP contribution in [0.15, 0.2) is 110 Å². The van der Waals surface area contributed by atoms with E-state index < -0.39 is 0 Å². The molecular weight excluding hydrogens is 400 g/mol. The summed E-state index contributed by atoms with van der Waals surface area (Å²) in [6.45, 7) is 7.68. The molecule has 0 amide bonds. The molecule has 2 atom stereocenters. The lowest BCUT2D eigenvalue weighted by atomic mass is 9.84. The van der Waals surface area contributed by atoms with Crippen molar-refractivity contribution in [3.05, 3.63) is 133 Å². The van der Waals surface area contributed by atoms with Gasteiger partial charge in [0.1, 0.15) is 0 Å². The molecule has 2 aliphatic rings.